The number of nitrogens with zero attached hydrogens (tertiary/aromatic N) is 3. The molecule has 0 unspecified atom stereocenters. The third-order valence-corrected chi connectivity index (χ3v) is 3.00. The van der Waals surface area contributed by atoms with E-state index in [1.54, 1.807) is 35.1 Å². The van der Waals surface area contributed by atoms with E-state index in [0.717, 1.165) is 0 Å². The Morgan fingerprint density at radius 3 is 2.57 bits per heavy atom. The fourth-order valence-electron chi connectivity index (χ4n) is 2.03. The lowest BCUT2D eigenvalue weighted by atomic mass is 10.2. The first-order valence-electron chi connectivity index (χ1n) is 6.71. The molecule has 0 atom stereocenters. The number of carbonyl (C=O) groups is 2. The van der Waals surface area contributed by atoms with Crippen LogP contribution in [0.2, 0.25) is 0 Å². The highest BCUT2D eigenvalue weighted by Gasteiger charge is 2.18. The van der Waals surface area contributed by atoms with Crippen molar-refractivity contribution in [3.8, 4) is 0 Å². The van der Waals surface area contributed by atoms with Gasteiger partial charge >= 0.3 is 5.97 Å². The first-order chi connectivity index (χ1) is 10.2. The molecule has 2 rings (SSSR count). The minimum Gasteiger partial charge on any atom is -0.480 e. The van der Waals surface area contributed by atoms with Gasteiger partial charge in [-0.2, -0.15) is 5.10 Å². The standard InChI is InChI=1S/C15H17N3O3/c19-14(8-4-10-17-11-5-9-16-17)18(12-15(20)21)13-6-2-1-3-7-13/h1-3,5-7,9,11H,4,8,10,12H2,(H,20,21). The topological polar surface area (TPSA) is 75.4 Å². The predicted octanol–water partition coefficient (Wildman–Crippen LogP) is 1.78. The molecule has 1 heterocycles. The molecule has 1 N–H and O–H groups in total. The number of hydrogen-bond acceptors (Lipinski definition) is 3. The SMILES string of the molecule is O=C(O)CN(C(=O)CCCn1cccn1)c1ccccc1. The number of aliphatic carboxylic acids is 1. The summed E-state index contributed by atoms with van der Waals surface area (Å²) < 4.78 is 1.75. The predicted molar refractivity (Wildman–Crippen MR) is 77.9 cm³/mol. The second-order valence-electron chi connectivity index (χ2n) is 4.58. The Morgan fingerprint density at radius 1 is 1.19 bits per heavy atom. The zero-order valence-electron chi connectivity index (χ0n) is 11.6. The van der Waals surface area contributed by atoms with E-state index in [1.165, 1.54) is 4.90 Å². The van der Waals surface area contributed by atoms with Crippen molar-refractivity contribution in [2.75, 3.05) is 11.4 Å². The Bertz CT molecular complexity index is 581. The molecule has 0 spiro atoms. The number of amides is 1. The smallest absolute Gasteiger partial charge is 0.323 e. The van der Waals surface area contributed by atoms with E-state index in [0.29, 0.717) is 18.7 Å². The van der Waals surface area contributed by atoms with Crippen LogP contribution in [0.4, 0.5) is 5.69 Å². The number of carbonyl (C=O) groups excluding carboxylic acids is 1. The molecule has 21 heavy (non-hydrogen) atoms. The molecule has 0 radical (unpaired) electrons. The van der Waals surface area contributed by atoms with Crippen LogP contribution >= 0.6 is 0 Å². The van der Waals surface area contributed by atoms with E-state index < -0.39 is 5.97 Å². The highest BCUT2D eigenvalue weighted by Crippen LogP contribution is 2.15. The third kappa shape index (κ3) is 4.45. The van der Waals surface area contributed by atoms with E-state index in [2.05, 4.69) is 5.10 Å². The second kappa shape index (κ2) is 7.23. The van der Waals surface area contributed by atoms with E-state index in [-0.39, 0.29) is 18.9 Å². The Hall–Kier alpha value is -2.63. The highest BCUT2D eigenvalue weighted by molar-refractivity contribution is 5.97. The Morgan fingerprint density at radius 2 is 1.95 bits per heavy atom. The van der Waals surface area contributed by atoms with Gasteiger partial charge < -0.3 is 10.0 Å². The molecule has 0 fully saturated rings. The molecule has 0 aliphatic rings. The van der Waals surface area contributed by atoms with Crippen molar-refractivity contribution >= 4 is 17.6 Å². The van der Waals surface area contributed by atoms with Crippen LogP contribution in [0.5, 0.6) is 0 Å². The van der Waals surface area contributed by atoms with Crippen LogP contribution in [-0.4, -0.2) is 33.3 Å². The lowest BCUT2D eigenvalue weighted by molar-refractivity contribution is -0.136. The Labute approximate surface area is 122 Å². The zero-order valence-corrected chi connectivity index (χ0v) is 11.6. The number of carboxylic acids is 1. The summed E-state index contributed by atoms with van der Waals surface area (Å²) in [5.74, 6) is -1.23. The summed E-state index contributed by atoms with van der Waals surface area (Å²) >= 11 is 0. The van der Waals surface area contributed by atoms with Gasteiger partial charge in [0.25, 0.3) is 0 Å². The second-order valence-corrected chi connectivity index (χ2v) is 4.58. The highest BCUT2D eigenvalue weighted by atomic mass is 16.4. The average molecular weight is 287 g/mol. The van der Waals surface area contributed by atoms with Crippen molar-refractivity contribution in [2.45, 2.75) is 19.4 Å². The van der Waals surface area contributed by atoms with E-state index in [4.69, 9.17) is 5.11 Å². The first-order valence-corrected chi connectivity index (χ1v) is 6.71. The zero-order chi connectivity index (χ0) is 15.1. The molecule has 0 aliphatic heterocycles. The van der Waals surface area contributed by atoms with E-state index >= 15 is 0 Å². The summed E-state index contributed by atoms with van der Waals surface area (Å²) in [7, 11) is 0. The lowest BCUT2D eigenvalue weighted by Crippen LogP contribution is -2.35. The minimum atomic E-state index is -1.03. The summed E-state index contributed by atoms with van der Waals surface area (Å²) in [4.78, 5) is 24.5. The number of hydrogen-bond donors (Lipinski definition) is 1. The summed E-state index contributed by atoms with van der Waals surface area (Å²) in [6.07, 6.45) is 4.41. The molecule has 0 aliphatic carbocycles. The maximum atomic E-state index is 12.2. The number of aryl methyl sites for hydroxylation is 1. The first kappa shape index (κ1) is 14.8. The molecule has 1 amide bonds. The maximum absolute atomic E-state index is 12.2. The summed E-state index contributed by atoms with van der Waals surface area (Å²) in [5, 5.41) is 13.0. The number of para-hydroxylation sites is 1. The molecule has 0 saturated carbocycles. The van der Waals surface area contributed by atoms with Gasteiger partial charge in [0.1, 0.15) is 6.54 Å². The van der Waals surface area contributed by atoms with Gasteiger partial charge in [-0.1, -0.05) is 18.2 Å². The van der Waals surface area contributed by atoms with Crippen LogP contribution in [0, 0.1) is 0 Å². The molecule has 6 heteroatoms. The molecule has 1 aromatic heterocycles. The number of rotatable bonds is 7. The fraction of sp³-hybridized carbons (Fsp3) is 0.267. The van der Waals surface area contributed by atoms with Gasteiger partial charge in [-0.25, -0.2) is 0 Å². The molecule has 1 aromatic carbocycles. The van der Waals surface area contributed by atoms with E-state index in [9.17, 15) is 9.59 Å². The fourth-order valence-corrected chi connectivity index (χ4v) is 2.03. The molecule has 6 nitrogen and oxygen atoms in total. The van der Waals surface area contributed by atoms with Crippen LogP contribution in [0.25, 0.3) is 0 Å². The van der Waals surface area contributed by atoms with Crippen molar-refractivity contribution in [1.29, 1.82) is 0 Å². The van der Waals surface area contributed by atoms with Gasteiger partial charge in [0.05, 0.1) is 0 Å². The van der Waals surface area contributed by atoms with Crippen molar-refractivity contribution < 1.29 is 14.7 Å². The van der Waals surface area contributed by atoms with Crippen LogP contribution in [0.3, 0.4) is 0 Å². The molecular formula is C15H17N3O3. The van der Waals surface area contributed by atoms with Crippen molar-refractivity contribution in [1.82, 2.24) is 9.78 Å². The normalized spacial score (nSPS) is 10.3. The molecule has 2 aromatic rings. The van der Waals surface area contributed by atoms with Gasteiger partial charge in [-0.05, 0) is 24.6 Å². The van der Waals surface area contributed by atoms with Gasteiger partial charge in [-0.3, -0.25) is 14.3 Å². The summed E-state index contributed by atoms with van der Waals surface area (Å²) in [6, 6.07) is 10.7. The average Bonchev–Trinajstić information content (AvgIpc) is 2.98. The van der Waals surface area contributed by atoms with Gasteiger partial charge in [0, 0.05) is 31.0 Å². The number of carboxylic acid groups (broad SMARTS) is 1. The summed E-state index contributed by atoms with van der Waals surface area (Å²) in [5.41, 5.74) is 0.601. The van der Waals surface area contributed by atoms with Gasteiger partial charge in [0.15, 0.2) is 0 Å². The lowest BCUT2D eigenvalue weighted by Gasteiger charge is -2.20. The Kier molecular flexibility index (Phi) is 5.09. The molecular weight excluding hydrogens is 270 g/mol. The monoisotopic (exact) mass is 287 g/mol. The number of aromatic nitrogens is 2. The largest absolute Gasteiger partial charge is 0.480 e. The van der Waals surface area contributed by atoms with Crippen LogP contribution in [0.1, 0.15) is 12.8 Å². The number of anilines is 1. The quantitative estimate of drug-likeness (QED) is 0.842. The van der Waals surface area contributed by atoms with Crippen molar-refractivity contribution in [3.63, 3.8) is 0 Å². The third-order valence-electron chi connectivity index (χ3n) is 3.00. The maximum Gasteiger partial charge on any atom is 0.323 e. The van der Waals surface area contributed by atoms with Gasteiger partial charge in [-0.15, -0.1) is 0 Å². The molecule has 110 valence electrons. The Balaban J connectivity index is 1.96. The molecule has 0 bridgehead atoms. The van der Waals surface area contributed by atoms with E-state index in [1.807, 2.05) is 18.3 Å². The van der Waals surface area contributed by atoms with Crippen LogP contribution in [-0.2, 0) is 16.1 Å². The molecule has 0 saturated heterocycles. The van der Waals surface area contributed by atoms with Gasteiger partial charge in [0.2, 0.25) is 5.91 Å². The number of benzene rings is 1. The van der Waals surface area contributed by atoms with Crippen LogP contribution < -0.4 is 4.90 Å². The van der Waals surface area contributed by atoms with Crippen LogP contribution in [0.15, 0.2) is 48.8 Å². The summed E-state index contributed by atoms with van der Waals surface area (Å²) in [6.45, 7) is 0.305. The minimum absolute atomic E-state index is 0.198. The van der Waals surface area contributed by atoms with Crippen molar-refractivity contribution in [3.05, 3.63) is 48.8 Å². The van der Waals surface area contributed by atoms with Crippen molar-refractivity contribution in [2.24, 2.45) is 0 Å².